The van der Waals surface area contributed by atoms with Gasteiger partial charge in [0.15, 0.2) is 11.5 Å². The molecule has 32 heavy (non-hydrogen) atoms. The zero-order valence-electron chi connectivity index (χ0n) is 16.9. The average molecular weight is 427 g/mol. The molecule has 0 aliphatic heterocycles. The number of amides is 1. The van der Waals surface area contributed by atoms with Crippen molar-refractivity contribution >= 4 is 29.1 Å². The van der Waals surface area contributed by atoms with Crippen molar-refractivity contribution in [3.63, 3.8) is 0 Å². The molecule has 5 aromatic rings. The number of H-pyrrole nitrogens is 1. The Balaban J connectivity index is 1.56. The fourth-order valence-electron chi connectivity index (χ4n) is 3.27. The lowest BCUT2D eigenvalue weighted by Crippen LogP contribution is -2.11. The molecule has 10 nitrogen and oxygen atoms in total. The lowest BCUT2D eigenvalue weighted by atomic mass is 10.2. The summed E-state index contributed by atoms with van der Waals surface area (Å²) in [4.78, 5) is 27.3. The number of aryl methyl sites for hydroxylation is 1. The number of nitrogens with zero attached hydrogens (tertiary/aromatic N) is 4. The second-order valence-electron chi connectivity index (χ2n) is 6.98. The Morgan fingerprint density at radius 3 is 2.50 bits per heavy atom. The van der Waals surface area contributed by atoms with Crippen molar-refractivity contribution in [1.29, 1.82) is 0 Å². The van der Waals surface area contributed by atoms with E-state index in [2.05, 4.69) is 30.9 Å². The fraction of sp³-hybridized carbons (Fsp3) is 0.0455. The quantitative estimate of drug-likeness (QED) is 0.392. The summed E-state index contributed by atoms with van der Waals surface area (Å²) in [6, 6.07) is 19.5. The number of benzene rings is 2. The van der Waals surface area contributed by atoms with Crippen LogP contribution in [0, 0.1) is 6.92 Å². The van der Waals surface area contributed by atoms with Gasteiger partial charge in [0.1, 0.15) is 5.56 Å². The first-order chi connectivity index (χ1) is 15.6. The van der Waals surface area contributed by atoms with Gasteiger partial charge in [0.25, 0.3) is 17.4 Å². The smallest absolute Gasteiger partial charge is 0.322 e. The van der Waals surface area contributed by atoms with E-state index in [1.807, 2.05) is 36.4 Å². The fourth-order valence-corrected chi connectivity index (χ4v) is 3.27. The van der Waals surface area contributed by atoms with E-state index >= 15 is 0 Å². The van der Waals surface area contributed by atoms with E-state index < -0.39 is 0 Å². The minimum atomic E-state index is -0.382. The number of carbonyl (C=O) groups excluding carboxylic acids is 1. The molecule has 2 aromatic carbocycles. The highest BCUT2D eigenvalue weighted by atomic mass is 16.4. The highest BCUT2D eigenvalue weighted by molar-refractivity contribution is 6.03. The summed E-state index contributed by atoms with van der Waals surface area (Å²) >= 11 is 0. The third kappa shape index (κ3) is 3.60. The van der Waals surface area contributed by atoms with Crippen LogP contribution in [0.2, 0.25) is 0 Å². The van der Waals surface area contributed by atoms with Crippen LogP contribution < -0.4 is 16.2 Å². The zero-order chi connectivity index (χ0) is 22.1. The van der Waals surface area contributed by atoms with Crippen LogP contribution in [0.4, 0.5) is 17.5 Å². The van der Waals surface area contributed by atoms with Gasteiger partial charge < -0.3 is 14.7 Å². The number of carbonyl (C=O) groups is 1. The van der Waals surface area contributed by atoms with E-state index in [9.17, 15) is 9.59 Å². The third-order valence-electron chi connectivity index (χ3n) is 4.73. The first-order valence-corrected chi connectivity index (χ1v) is 9.73. The van der Waals surface area contributed by atoms with Gasteiger partial charge >= 0.3 is 6.01 Å². The van der Waals surface area contributed by atoms with Crippen molar-refractivity contribution in [1.82, 2.24) is 24.8 Å². The molecule has 10 heteroatoms. The molecule has 5 rings (SSSR count). The number of nitrogens with one attached hydrogen (secondary N) is 3. The number of aromatic nitrogens is 5. The van der Waals surface area contributed by atoms with Crippen molar-refractivity contribution in [2.75, 3.05) is 10.6 Å². The van der Waals surface area contributed by atoms with E-state index in [-0.39, 0.29) is 23.4 Å². The first kappa shape index (κ1) is 19.2. The van der Waals surface area contributed by atoms with Crippen LogP contribution in [-0.2, 0) is 0 Å². The van der Waals surface area contributed by atoms with Gasteiger partial charge in [0, 0.05) is 23.0 Å². The van der Waals surface area contributed by atoms with Crippen LogP contribution in [0.1, 0.15) is 16.1 Å². The topological polar surface area (TPSA) is 130 Å². The Labute approximate surface area is 180 Å². The molecule has 1 amide bonds. The molecule has 0 fully saturated rings. The molecule has 0 unspecified atom stereocenters. The molecule has 3 N–H and O–H groups in total. The molecular weight excluding hydrogens is 410 g/mol. The van der Waals surface area contributed by atoms with Gasteiger partial charge in [-0.25, -0.2) is 4.52 Å². The standard InChI is InChI=1S/C22H17N7O3/c1-13-12-16(30)24-19-17(18(28-29(13)19)23-15-10-6-3-7-11-15)21-26-27-22(32-21)25-20(31)14-8-4-2-5-9-14/h2-12H,1H3,(H,23,28)(H,24,30)(H,25,27,31). The molecule has 0 saturated heterocycles. The number of anilines is 3. The van der Waals surface area contributed by atoms with Gasteiger partial charge in [-0.05, 0) is 31.2 Å². The lowest BCUT2D eigenvalue weighted by molar-refractivity contribution is 0.102. The van der Waals surface area contributed by atoms with E-state index in [0.29, 0.717) is 28.3 Å². The summed E-state index contributed by atoms with van der Waals surface area (Å²) in [5.74, 6) is 0.112. The van der Waals surface area contributed by atoms with Gasteiger partial charge in [-0.15, -0.1) is 10.2 Å². The maximum atomic E-state index is 12.4. The summed E-state index contributed by atoms with van der Waals surface area (Å²) in [5.41, 5.74) is 2.37. The van der Waals surface area contributed by atoms with Gasteiger partial charge in [-0.3, -0.25) is 14.9 Å². The van der Waals surface area contributed by atoms with Crippen LogP contribution in [0.5, 0.6) is 0 Å². The highest BCUT2D eigenvalue weighted by Gasteiger charge is 2.23. The molecule has 0 aliphatic rings. The maximum Gasteiger partial charge on any atom is 0.322 e. The Morgan fingerprint density at radius 2 is 1.75 bits per heavy atom. The minimum absolute atomic E-state index is 0.0751. The van der Waals surface area contributed by atoms with Crippen LogP contribution in [0.25, 0.3) is 17.1 Å². The molecule has 0 radical (unpaired) electrons. The number of rotatable bonds is 5. The molecular formula is C22H17N7O3. The summed E-state index contributed by atoms with van der Waals surface area (Å²) in [5, 5.41) is 18.4. The number of aromatic amines is 1. The number of hydrogen-bond donors (Lipinski definition) is 3. The van der Waals surface area contributed by atoms with Crippen molar-refractivity contribution in [2.45, 2.75) is 6.92 Å². The molecule has 0 atom stereocenters. The predicted octanol–water partition coefficient (Wildman–Crippen LogP) is 3.38. The Kier molecular flexibility index (Phi) is 4.71. The van der Waals surface area contributed by atoms with Crippen LogP contribution in [-0.4, -0.2) is 30.7 Å². The highest BCUT2D eigenvalue weighted by Crippen LogP contribution is 2.33. The Hall–Kier alpha value is -4.73. The van der Waals surface area contributed by atoms with Gasteiger partial charge in [0.05, 0.1) is 0 Å². The SMILES string of the molecule is Cc1cc(=O)[nH]c2c(-c3nnc(NC(=O)c4ccccc4)o3)c(Nc3ccccc3)nn12. The van der Waals surface area contributed by atoms with E-state index in [4.69, 9.17) is 4.42 Å². The monoisotopic (exact) mass is 427 g/mol. The summed E-state index contributed by atoms with van der Waals surface area (Å²) in [6.45, 7) is 1.77. The van der Waals surface area contributed by atoms with Crippen LogP contribution >= 0.6 is 0 Å². The first-order valence-electron chi connectivity index (χ1n) is 9.73. The average Bonchev–Trinajstić information content (AvgIpc) is 3.39. The molecule has 0 spiro atoms. The molecule has 3 aromatic heterocycles. The normalized spacial score (nSPS) is 10.9. The molecule has 0 bridgehead atoms. The second-order valence-corrected chi connectivity index (χ2v) is 6.98. The summed E-state index contributed by atoms with van der Waals surface area (Å²) in [7, 11) is 0. The van der Waals surface area contributed by atoms with Crippen molar-refractivity contribution in [3.8, 4) is 11.5 Å². The molecule has 0 saturated carbocycles. The summed E-state index contributed by atoms with van der Waals surface area (Å²) < 4.78 is 7.29. The van der Waals surface area contributed by atoms with Gasteiger partial charge in [0.2, 0.25) is 0 Å². The predicted molar refractivity (Wildman–Crippen MR) is 118 cm³/mol. The van der Waals surface area contributed by atoms with Crippen LogP contribution in [0.15, 0.2) is 75.9 Å². The molecule has 3 heterocycles. The largest absolute Gasteiger partial charge is 0.403 e. The van der Waals surface area contributed by atoms with E-state index in [1.165, 1.54) is 6.07 Å². The zero-order valence-corrected chi connectivity index (χ0v) is 16.9. The molecule has 158 valence electrons. The Bertz CT molecular complexity index is 1470. The summed E-state index contributed by atoms with van der Waals surface area (Å²) in [6.07, 6.45) is 0. The van der Waals surface area contributed by atoms with Gasteiger partial charge in [-0.1, -0.05) is 41.5 Å². The van der Waals surface area contributed by atoms with E-state index in [1.54, 1.807) is 35.7 Å². The number of hydrogen-bond acceptors (Lipinski definition) is 7. The van der Waals surface area contributed by atoms with E-state index in [0.717, 1.165) is 5.69 Å². The van der Waals surface area contributed by atoms with Gasteiger partial charge in [-0.2, -0.15) is 0 Å². The number of fused-ring (bicyclic) bond motifs is 1. The maximum absolute atomic E-state index is 12.4. The van der Waals surface area contributed by atoms with Crippen molar-refractivity contribution in [3.05, 3.63) is 88.3 Å². The van der Waals surface area contributed by atoms with Crippen LogP contribution in [0.3, 0.4) is 0 Å². The van der Waals surface area contributed by atoms with Crippen molar-refractivity contribution in [2.24, 2.45) is 0 Å². The number of para-hydroxylation sites is 1. The third-order valence-corrected chi connectivity index (χ3v) is 4.73. The van der Waals surface area contributed by atoms with Crippen molar-refractivity contribution < 1.29 is 9.21 Å². The second kappa shape index (κ2) is 7.84. The molecule has 0 aliphatic carbocycles. The lowest BCUT2D eigenvalue weighted by Gasteiger charge is -2.03. The Morgan fingerprint density at radius 1 is 1.03 bits per heavy atom. The minimum Gasteiger partial charge on any atom is -0.403 e.